The number of nitrogens with one attached hydrogen (secondary N) is 1. The largest absolute Gasteiger partial charge is 0.345 e. The lowest BCUT2D eigenvalue weighted by Gasteiger charge is -2.13. The van der Waals surface area contributed by atoms with Gasteiger partial charge >= 0.3 is 0 Å². The Labute approximate surface area is 134 Å². The molecule has 6 heteroatoms. The lowest BCUT2D eigenvalue weighted by Crippen LogP contribution is -2.23. The number of allylic oxidation sites excluding steroid dienone is 1. The van der Waals surface area contributed by atoms with E-state index in [1.165, 1.54) is 4.88 Å². The lowest BCUT2D eigenvalue weighted by molar-refractivity contribution is -0.113. The number of nitrogens with zero attached hydrogens (tertiary/aromatic N) is 2. The Morgan fingerprint density at radius 3 is 3.05 bits per heavy atom. The van der Waals surface area contributed by atoms with Crippen LogP contribution in [0, 0.1) is 6.92 Å². The van der Waals surface area contributed by atoms with Crippen molar-refractivity contribution in [1.82, 2.24) is 9.97 Å². The molecule has 20 heavy (non-hydrogen) atoms. The number of imidazole rings is 1. The first kappa shape index (κ1) is 13.6. The van der Waals surface area contributed by atoms with Gasteiger partial charge in [-0.2, -0.15) is 0 Å². The number of aryl methyl sites for hydroxylation is 1. The van der Waals surface area contributed by atoms with Crippen molar-refractivity contribution in [3.63, 3.8) is 0 Å². The average Bonchev–Trinajstić information content (AvgIpc) is 3.02. The third-order valence-corrected chi connectivity index (χ3v) is 5.31. The van der Waals surface area contributed by atoms with Gasteiger partial charge in [-0.1, -0.05) is 12.2 Å². The second-order valence-electron chi connectivity index (χ2n) is 4.44. The van der Waals surface area contributed by atoms with Crippen LogP contribution in [0.5, 0.6) is 0 Å². The highest BCUT2D eigenvalue weighted by Gasteiger charge is 2.18. The zero-order valence-electron chi connectivity index (χ0n) is 10.8. The predicted molar refractivity (Wildman–Crippen MR) is 90.0 cm³/mol. The monoisotopic (exact) mass is 397 g/mol. The Kier molecular flexibility index (Phi) is 3.75. The molecule has 0 fully saturated rings. The third-order valence-electron chi connectivity index (χ3n) is 3.04. The molecule has 2 aromatic rings. The summed E-state index contributed by atoms with van der Waals surface area (Å²) in [4.78, 5) is 21.0. The van der Waals surface area contributed by atoms with E-state index in [0.717, 1.165) is 21.3 Å². The van der Waals surface area contributed by atoms with Crippen molar-refractivity contribution in [3.8, 4) is 0 Å². The van der Waals surface area contributed by atoms with Crippen molar-refractivity contribution in [2.45, 2.75) is 13.3 Å². The molecule has 0 atom stereocenters. The Morgan fingerprint density at radius 1 is 1.45 bits per heavy atom. The first-order chi connectivity index (χ1) is 9.65. The van der Waals surface area contributed by atoms with Crippen molar-refractivity contribution in [1.29, 1.82) is 0 Å². The molecule has 0 spiro atoms. The maximum absolute atomic E-state index is 12.5. The average molecular weight is 397 g/mol. The number of anilines is 1. The van der Waals surface area contributed by atoms with Crippen molar-refractivity contribution < 1.29 is 4.79 Å². The summed E-state index contributed by atoms with van der Waals surface area (Å²) >= 11 is 3.68. The van der Waals surface area contributed by atoms with E-state index in [1.54, 1.807) is 20.8 Å². The highest BCUT2D eigenvalue weighted by molar-refractivity contribution is 14.1. The Balaban J connectivity index is 1.88. The maximum atomic E-state index is 12.5. The molecule has 1 aliphatic carbocycles. The number of carbonyl (C=O) groups is 1. The van der Waals surface area contributed by atoms with Crippen LogP contribution < -0.4 is 13.8 Å². The van der Waals surface area contributed by atoms with Crippen molar-refractivity contribution in [2.24, 2.45) is 0 Å². The van der Waals surface area contributed by atoms with Gasteiger partial charge in [0.15, 0.2) is 0 Å². The zero-order chi connectivity index (χ0) is 14.1. The van der Waals surface area contributed by atoms with Gasteiger partial charge in [0.1, 0.15) is 5.00 Å². The number of thiophene rings is 1. The number of H-pyrrole nitrogens is 1. The van der Waals surface area contributed by atoms with Gasteiger partial charge in [0.05, 0.1) is 39.9 Å². The fraction of sp³-hybridized carbons (Fsp3) is 0.143. The van der Waals surface area contributed by atoms with Gasteiger partial charge in [0.25, 0.3) is 5.91 Å². The second kappa shape index (κ2) is 5.53. The van der Waals surface area contributed by atoms with Gasteiger partial charge < -0.3 is 4.98 Å². The number of halogens is 1. The van der Waals surface area contributed by atoms with E-state index in [9.17, 15) is 4.79 Å². The van der Waals surface area contributed by atoms with Gasteiger partial charge in [-0.3, -0.25) is 4.79 Å². The van der Waals surface area contributed by atoms with E-state index in [4.69, 9.17) is 0 Å². The Hall–Kier alpha value is -1.41. The van der Waals surface area contributed by atoms with E-state index in [-0.39, 0.29) is 5.91 Å². The minimum atomic E-state index is 0.0186. The van der Waals surface area contributed by atoms with Crippen LogP contribution in [0.25, 0.3) is 12.2 Å². The summed E-state index contributed by atoms with van der Waals surface area (Å²) < 4.78 is 1.68. The SMILES string of the molecule is Cc1ccc(N(I)C(=O)C2=CC=c3[nH]cnc3=CC2)s1. The second-order valence-corrected chi connectivity index (χ2v) is 6.67. The van der Waals surface area contributed by atoms with Gasteiger partial charge in [-0.15, -0.1) is 11.3 Å². The molecule has 0 aliphatic heterocycles. The quantitative estimate of drug-likeness (QED) is 0.623. The molecule has 0 unspecified atom stereocenters. The van der Waals surface area contributed by atoms with Crippen LogP contribution >= 0.6 is 34.2 Å². The molecule has 0 radical (unpaired) electrons. The van der Waals surface area contributed by atoms with Crippen molar-refractivity contribution in [3.05, 3.63) is 45.7 Å². The molecule has 102 valence electrons. The highest BCUT2D eigenvalue weighted by Crippen LogP contribution is 2.29. The van der Waals surface area contributed by atoms with Crippen LogP contribution in [-0.4, -0.2) is 15.9 Å². The molecule has 2 aromatic heterocycles. The number of aromatic amines is 1. The van der Waals surface area contributed by atoms with Crippen molar-refractivity contribution >= 4 is 57.3 Å². The number of hydrogen-bond acceptors (Lipinski definition) is 3. The minimum Gasteiger partial charge on any atom is -0.345 e. The zero-order valence-corrected chi connectivity index (χ0v) is 13.7. The molecule has 2 heterocycles. The van der Waals surface area contributed by atoms with Crippen LogP contribution in [0.2, 0.25) is 0 Å². The predicted octanol–water partition coefficient (Wildman–Crippen LogP) is 2.05. The summed E-state index contributed by atoms with van der Waals surface area (Å²) in [5, 5.41) is 2.80. The molecule has 0 saturated heterocycles. The van der Waals surface area contributed by atoms with Gasteiger partial charge in [-0.05, 0) is 31.6 Å². The summed E-state index contributed by atoms with van der Waals surface area (Å²) in [6.45, 7) is 2.04. The normalized spacial score (nSPS) is 13.6. The van der Waals surface area contributed by atoms with Gasteiger partial charge in [-0.25, -0.2) is 8.10 Å². The van der Waals surface area contributed by atoms with Gasteiger partial charge in [0.2, 0.25) is 0 Å². The minimum absolute atomic E-state index is 0.0186. The van der Waals surface area contributed by atoms with E-state index in [1.807, 2.05) is 37.3 Å². The summed E-state index contributed by atoms with van der Waals surface area (Å²) in [5.74, 6) is 0.0186. The molecule has 1 amide bonds. The number of aromatic nitrogens is 2. The molecular weight excluding hydrogens is 385 g/mol. The molecule has 0 aromatic carbocycles. The Morgan fingerprint density at radius 2 is 2.30 bits per heavy atom. The summed E-state index contributed by atoms with van der Waals surface area (Å²) in [6, 6.07) is 3.99. The number of amides is 1. The molecule has 1 N–H and O–H groups in total. The fourth-order valence-corrected chi connectivity index (χ4v) is 3.51. The number of fused-ring (bicyclic) bond motifs is 1. The van der Waals surface area contributed by atoms with E-state index in [0.29, 0.717) is 6.42 Å². The molecule has 4 nitrogen and oxygen atoms in total. The van der Waals surface area contributed by atoms with E-state index < -0.39 is 0 Å². The van der Waals surface area contributed by atoms with Gasteiger partial charge in [0, 0.05) is 10.5 Å². The number of carbonyl (C=O) groups excluding carboxylic acids is 1. The summed E-state index contributed by atoms with van der Waals surface area (Å²) in [5.41, 5.74) is 0.761. The highest BCUT2D eigenvalue weighted by atomic mass is 127. The van der Waals surface area contributed by atoms with Crippen LogP contribution in [0.3, 0.4) is 0 Å². The molecular formula is C14H12IN3OS. The summed E-state index contributed by atoms with van der Waals surface area (Å²) in [7, 11) is 0. The molecule has 3 rings (SSSR count). The van der Waals surface area contributed by atoms with Crippen LogP contribution in [0.1, 0.15) is 11.3 Å². The van der Waals surface area contributed by atoms with Crippen molar-refractivity contribution in [2.75, 3.05) is 3.11 Å². The van der Waals surface area contributed by atoms with E-state index in [2.05, 4.69) is 32.8 Å². The fourth-order valence-electron chi connectivity index (χ4n) is 1.98. The van der Waals surface area contributed by atoms with Crippen LogP contribution in [0.15, 0.2) is 30.1 Å². The first-order valence-electron chi connectivity index (χ1n) is 6.12. The summed E-state index contributed by atoms with van der Waals surface area (Å²) in [6.07, 6.45) is 8.01. The topological polar surface area (TPSA) is 49.0 Å². The standard InChI is InChI=1S/C14H12IN3OS/c1-9-2-7-13(20-9)18(15)14(19)10-3-5-11-12(6-4-10)17-8-16-11/h2-3,5-8H,4H2,1H3,(H,16,17). The van der Waals surface area contributed by atoms with Crippen LogP contribution in [-0.2, 0) is 4.79 Å². The number of rotatable bonds is 2. The lowest BCUT2D eigenvalue weighted by atomic mass is 10.1. The molecule has 0 saturated carbocycles. The Bertz CT molecular complexity index is 802. The smallest absolute Gasteiger partial charge is 0.264 e. The molecule has 1 aliphatic rings. The molecule has 0 bridgehead atoms. The first-order valence-corrected chi connectivity index (χ1v) is 7.90. The third kappa shape index (κ3) is 2.57. The number of hydrogen-bond donors (Lipinski definition) is 1. The van der Waals surface area contributed by atoms with E-state index >= 15 is 0 Å². The van der Waals surface area contributed by atoms with Crippen LogP contribution in [0.4, 0.5) is 5.00 Å². The maximum Gasteiger partial charge on any atom is 0.264 e.